The number of carbonyl (C=O) groups excluding carboxylic acids is 1. The molecule has 2 aromatic heterocycles. The van der Waals surface area contributed by atoms with Gasteiger partial charge in [0.2, 0.25) is 5.91 Å². The van der Waals surface area contributed by atoms with Crippen LogP contribution >= 0.6 is 0 Å². The molecule has 0 spiro atoms. The zero-order valence-corrected chi connectivity index (χ0v) is 16.0. The first kappa shape index (κ1) is 19.1. The van der Waals surface area contributed by atoms with E-state index in [1.807, 2.05) is 25.1 Å². The first-order valence-corrected chi connectivity index (χ1v) is 9.35. The Hall–Kier alpha value is -2.67. The van der Waals surface area contributed by atoms with Crippen molar-refractivity contribution in [2.24, 2.45) is 0 Å². The Labute approximate surface area is 159 Å². The zero-order chi connectivity index (χ0) is 19.2. The van der Waals surface area contributed by atoms with Crippen molar-refractivity contribution in [2.45, 2.75) is 26.4 Å². The molecule has 2 aromatic rings. The van der Waals surface area contributed by atoms with Crippen molar-refractivity contribution in [3.8, 4) is 0 Å². The molecule has 3 heterocycles. The second-order valence-corrected chi connectivity index (χ2v) is 6.96. The summed E-state index contributed by atoms with van der Waals surface area (Å²) in [5.74, 6) is 0.874. The highest BCUT2D eigenvalue weighted by Crippen LogP contribution is 2.18. The molecule has 0 atom stereocenters. The molecule has 3 rings (SSSR count). The summed E-state index contributed by atoms with van der Waals surface area (Å²) in [6.45, 7) is 6.58. The van der Waals surface area contributed by atoms with Gasteiger partial charge in [-0.2, -0.15) is 0 Å². The van der Waals surface area contributed by atoms with Gasteiger partial charge in [-0.3, -0.25) is 9.59 Å². The van der Waals surface area contributed by atoms with Crippen LogP contribution in [0.2, 0.25) is 0 Å². The van der Waals surface area contributed by atoms with Crippen molar-refractivity contribution in [3.63, 3.8) is 0 Å². The lowest BCUT2D eigenvalue weighted by Crippen LogP contribution is -2.45. The van der Waals surface area contributed by atoms with Crippen LogP contribution in [-0.4, -0.2) is 53.6 Å². The molecule has 7 nitrogen and oxygen atoms in total. The van der Waals surface area contributed by atoms with Crippen LogP contribution in [0.5, 0.6) is 0 Å². The van der Waals surface area contributed by atoms with Gasteiger partial charge in [-0.05, 0) is 26.1 Å². The summed E-state index contributed by atoms with van der Waals surface area (Å²) in [7, 11) is 2.12. The Morgan fingerprint density at radius 1 is 1.15 bits per heavy atom. The normalized spacial score (nSPS) is 15.0. The molecule has 1 saturated heterocycles. The summed E-state index contributed by atoms with van der Waals surface area (Å²) in [4.78, 5) is 33.3. The monoisotopic (exact) mass is 369 g/mol. The minimum atomic E-state index is -0.0765. The molecule has 0 bridgehead atoms. The van der Waals surface area contributed by atoms with Crippen molar-refractivity contribution in [3.05, 3.63) is 58.1 Å². The first-order valence-electron chi connectivity index (χ1n) is 9.35. The third kappa shape index (κ3) is 4.95. The zero-order valence-electron chi connectivity index (χ0n) is 16.0. The number of likely N-dealkylation sites (N-methyl/N-ethyl adjacent to an activating group) is 1. The number of nitrogens with zero attached hydrogens (tertiary/aromatic N) is 4. The van der Waals surface area contributed by atoms with Crippen LogP contribution in [0.15, 0.2) is 41.3 Å². The maximum atomic E-state index is 12.3. The minimum Gasteiger partial charge on any atom is -0.354 e. The molecule has 1 fully saturated rings. The van der Waals surface area contributed by atoms with E-state index in [2.05, 4.69) is 27.1 Å². The molecule has 0 aliphatic carbocycles. The lowest BCUT2D eigenvalue weighted by Gasteiger charge is -2.34. The van der Waals surface area contributed by atoms with Gasteiger partial charge in [0.25, 0.3) is 5.56 Å². The van der Waals surface area contributed by atoms with Crippen molar-refractivity contribution in [1.82, 2.24) is 19.8 Å². The molecular formula is C20H27N5O2. The number of aryl methyl sites for hydroxylation is 1. The molecule has 1 aliphatic heterocycles. The molecule has 0 aromatic carbocycles. The number of aromatic nitrogens is 2. The molecule has 0 unspecified atom stereocenters. The molecule has 1 amide bonds. The highest BCUT2D eigenvalue weighted by atomic mass is 16.1. The van der Waals surface area contributed by atoms with Crippen LogP contribution in [-0.2, 0) is 17.9 Å². The van der Waals surface area contributed by atoms with Gasteiger partial charge in [0, 0.05) is 69.2 Å². The van der Waals surface area contributed by atoms with Gasteiger partial charge in [-0.25, -0.2) is 4.98 Å². The molecule has 0 saturated carbocycles. The Balaban J connectivity index is 1.57. The van der Waals surface area contributed by atoms with Gasteiger partial charge in [0.1, 0.15) is 5.82 Å². The number of anilines is 1. The first-order chi connectivity index (χ1) is 13.0. The fraction of sp³-hybridized carbons (Fsp3) is 0.450. The second-order valence-electron chi connectivity index (χ2n) is 6.96. The number of carbonyl (C=O) groups is 1. The van der Waals surface area contributed by atoms with Gasteiger partial charge < -0.3 is 19.7 Å². The van der Waals surface area contributed by atoms with Gasteiger partial charge in [0.05, 0.1) is 0 Å². The van der Waals surface area contributed by atoms with E-state index in [0.29, 0.717) is 13.1 Å². The average Bonchev–Trinajstić information content (AvgIpc) is 2.67. The third-order valence-electron chi connectivity index (χ3n) is 4.98. The Morgan fingerprint density at radius 2 is 1.93 bits per heavy atom. The summed E-state index contributed by atoms with van der Waals surface area (Å²) in [5.41, 5.74) is 1.80. The number of nitrogens with one attached hydrogen (secondary N) is 1. The number of piperazine rings is 1. The lowest BCUT2D eigenvalue weighted by atomic mass is 10.2. The van der Waals surface area contributed by atoms with Crippen LogP contribution in [0, 0.1) is 6.92 Å². The van der Waals surface area contributed by atoms with Gasteiger partial charge >= 0.3 is 0 Å². The topological polar surface area (TPSA) is 70.5 Å². The molecule has 27 heavy (non-hydrogen) atoms. The van der Waals surface area contributed by atoms with Crippen LogP contribution < -0.4 is 15.8 Å². The van der Waals surface area contributed by atoms with Gasteiger partial charge in [0.15, 0.2) is 0 Å². The number of hydrogen-bond donors (Lipinski definition) is 1. The van der Waals surface area contributed by atoms with E-state index in [0.717, 1.165) is 43.3 Å². The predicted molar refractivity (Wildman–Crippen MR) is 106 cm³/mol. The second kappa shape index (κ2) is 8.81. The Kier molecular flexibility index (Phi) is 6.24. The standard InChI is InChI=1S/C20H27N5O2/c1-16-5-3-7-19(27)25(16)10-8-18(26)22-15-17-6-4-9-21-20(17)24-13-11-23(2)12-14-24/h3-7,9H,8,10-15H2,1-2H3,(H,22,26). The van der Waals surface area contributed by atoms with Crippen molar-refractivity contribution in [2.75, 3.05) is 38.1 Å². The SMILES string of the molecule is Cc1cccc(=O)n1CCC(=O)NCc1cccnc1N1CCN(C)CC1. The van der Waals surface area contributed by atoms with Crippen LogP contribution in [0.3, 0.4) is 0 Å². The van der Waals surface area contributed by atoms with Crippen LogP contribution in [0.25, 0.3) is 0 Å². The van der Waals surface area contributed by atoms with Crippen molar-refractivity contribution >= 4 is 11.7 Å². The molecular weight excluding hydrogens is 342 g/mol. The molecule has 0 radical (unpaired) electrons. The number of pyridine rings is 2. The van der Waals surface area contributed by atoms with Crippen molar-refractivity contribution in [1.29, 1.82) is 0 Å². The number of amides is 1. The summed E-state index contributed by atoms with van der Waals surface area (Å²) >= 11 is 0. The van der Waals surface area contributed by atoms with E-state index >= 15 is 0 Å². The fourth-order valence-electron chi connectivity index (χ4n) is 3.28. The maximum Gasteiger partial charge on any atom is 0.250 e. The largest absolute Gasteiger partial charge is 0.354 e. The number of rotatable bonds is 6. The van der Waals surface area contributed by atoms with E-state index in [-0.39, 0.29) is 17.9 Å². The van der Waals surface area contributed by atoms with E-state index in [1.54, 1.807) is 16.8 Å². The molecule has 144 valence electrons. The van der Waals surface area contributed by atoms with E-state index in [4.69, 9.17) is 0 Å². The van der Waals surface area contributed by atoms with E-state index in [1.165, 1.54) is 6.07 Å². The average molecular weight is 369 g/mol. The highest BCUT2D eigenvalue weighted by Gasteiger charge is 2.18. The summed E-state index contributed by atoms with van der Waals surface area (Å²) in [6.07, 6.45) is 2.07. The molecule has 7 heteroatoms. The van der Waals surface area contributed by atoms with Crippen LogP contribution in [0.1, 0.15) is 17.7 Å². The summed E-state index contributed by atoms with van der Waals surface area (Å²) in [5, 5.41) is 2.97. The van der Waals surface area contributed by atoms with Crippen LogP contribution in [0.4, 0.5) is 5.82 Å². The third-order valence-corrected chi connectivity index (χ3v) is 4.98. The highest BCUT2D eigenvalue weighted by molar-refractivity contribution is 5.76. The smallest absolute Gasteiger partial charge is 0.250 e. The maximum absolute atomic E-state index is 12.3. The molecule has 1 aliphatic rings. The Bertz CT molecular complexity index is 840. The summed E-state index contributed by atoms with van der Waals surface area (Å²) < 4.78 is 1.62. The summed E-state index contributed by atoms with van der Waals surface area (Å²) in [6, 6.07) is 9.03. The number of hydrogen-bond acceptors (Lipinski definition) is 5. The predicted octanol–water partition coefficient (Wildman–Crippen LogP) is 1.01. The minimum absolute atomic E-state index is 0.0710. The van der Waals surface area contributed by atoms with Gasteiger partial charge in [-0.15, -0.1) is 0 Å². The lowest BCUT2D eigenvalue weighted by molar-refractivity contribution is -0.121. The fourth-order valence-corrected chi connectivity index (χ4v) is 3.28. The molecule has 1 N–H and O–H groups in total. The van der Waals surface area contributed by atoms with Gasteiger partial charge in [-0.1, -0.05) is 12.1 Å². The van der Waals surface area contributed by atoms with Crippen molar-refractivity contribution < 1.29 is 4.79 Å². The van der Waals surface area contributed by atoms with E-state index < -0.39 is 0 Å². The Morgan fingerprint density at radius 3 is 2.67 bits per heavy atom. The van der Waals surface area contributed by atoms with E-state index in [9.17, 15) is 9.59 Å². The quantitative estimate of drug-likeness (QED) is 0.823.